The molecule has 3 rings (SSSR count). The van der Waals surface area contributed by atoms with Crippen molar-refractivity contribution in [1.82, 2.24) is 5.32 Å². The number of nitrogens with one attached hydrogen (secondary N) is 1. The molecule has 0 spiro atoms. The van der Waals surface area contributed by atoms with Gasteiger partial charge < -0.3 is 0 Å². The quantitative estimate of drug-likeness (QED) is 0.672. The van der Waals surface area contributed by atoms with Crippen LogP contribution >= 0.6 is 11.6 Å². The van der Waals surface area contributed by atoms with E-state index < -0.39 is 0 Å². The van der Waals surface area contributed by atoms with E-state index in [2.05, 4.69) is 17.5 Å². The first-order valence-electron chi connectivity index (χ1n) is 7.39. The largest absolute Gasteiger partial charge is 0.296 e. The van der Waals surface area contributed by atoms with Crippen molar-refractivity contribution in [3.8, 4) is 0 Å². The minimum atomic E-state index is -0.280. The third-order valence-corrected chi connectivity index (χ3v) is 4.75. The molecule has 1 aromatic rings. The van der Waals surface area contributed by atoms with Crippen molar-refractivity contribution in [1.29, 1.82) is 0 Å². The average molecular weight is 304 g/mol. The molecule has 0 radical (unpaired) electrons. The van der Waals surface area contributed by atoms with E-state index >= 15 is 0 Å². The van der Waals surface area contributed by atoms with Crippen LogP contribution in [-0.4, -0.2) is 11.8 Å². The lowest BCUT2D eigenvalue weighted by atomic mass is 9.70. The molecule has 1 aromatic carbocycles. The highest BCUT2D eigenvalue weighted by Gasteiger charge is 2.40. The second-order valence-corrected chi connectivity index (χ2v) is 6.29. The number of piperidine rings is 1. The number of imide groups is 1. The highest BCUT2D eigenvalue weighted by atomic mass is 35.5. The molecule has 1 saturated heterocycles. The Labute approximate surface area is 129 Å². The van der Waals surface area contributed by atoms with Gasteiger partial charge in [-0.2, -0.15) is 0 Å². The average Bonchev–Trinajstić information content (AvgIpc) is 2.47. The molecule has 1 fully saturated rings. The van der Waals surface area contributed by atoms with Gasteiger partial charge in [0.25, 0.3) is 0 Å². The van der Waals surface area contributed by atoms with Gasteiger partial charge in [-0.3, -0.25) is 14.9 Å². The molecule has 3 unspecified atom stereocenters. The second kappa shape index (κ2) is 6.02. The Kier molecular flexibility index (Phi) is 4.11. The number of amides is 2. The third kappa shape index (κ3) is 3.03. The van der Waals surface area contributed by atoms with Crippen molar-refractivity contribution < 1.29 is 9.59 Å². The van der Waals surface area contributed by atoms with Crippen molar-refractivity contribution in [2.75, 3.05) is 0 Å². The molecule has 0 bridgehead atoms. The fourth-order valence-corrected chi connectivity index (χ4v) is 3.73. The first-order valence-corrected chi connectivity index (χ1v) is 7.77. The molecule has 2 aliphatic rings. The van der Waals surface area contributed by atoms with Crippen LogP contribution in [0, 0.1) is 11.8 Å². The second-order valence-electron chi connectivity index (χ2n) is 5.86. The standard InChI is InChI=1S/C17H18ClNO2/c18-13-8-4-7-12(9-13)16-14(10-15(20)19-17(16)21)11-5-2-1-3-6-11/h1-2,4,7-9,11,14,16H,3,5-6,10H2,(H,19,20,21). The number of carbonyl (C=O) groups is 2. The Bertz CT molecular complexity index is 596. The van der Waals surface area contributed by atoms with E-state index in [1.165, 1.54) is 0 Å². The first-order chi connectivity index (χ1) is 10.1. The van der Waals surface area contributed by atoms with Gasteiger partial charge in [0.2, 0.25) is 11.8 Å². The van der Waals surface area contributed by atoms with Gasteiger partial charge in [-0.25, -0.2) is 0 Å². The molecule has 1 N–H and O–H groups in total. The summed E-state index contributed by atoms with van der Waals surface area (Å²) < 4.78 is 0. The van der Waals surface area contributed by atoms with Gasteiger partial charge in [0, 0.05) is 11.4 Å². The highest BCUT2D eigenvalue weighted by Crippen LogP contribution is 2.41. The topological polar surface area (TPSA) is 46.2 Å². The maximum atomic E-state index is 12.4. The Morgan fingerprint density at radius 2 is 2.05 bits per heavy atom. The SMILES string of the molecule is O=C1CC(C2CC=CCC2)C(c2cccc(Cl)c2)C(=O)N1. The molecule has 4 heteroatoms. The normalized spacial score (nSPS) is 29.3. The fourth-order valence-electron chi connectivity index (χ4n) is 3.54. The fraction of sp³-hybridized carbons (Fsp3) is 0.412. The molecule has 0 aromatic heterocycles. The van der Waals surface area contributed by atoms with Crippen LogP contribution in [0.3, 0.4) is 0 Å². The monoisotopic (exact) mass is 303 g/mol. The third-order valence-electron chi connectivity index (χ3n) is 4.52. The summed E-state index contributed by atoms with van der Waals surface area (Å²) in [4.78, 5) is 24.2. The van der Waals surface area contributed by atoms with Crippen LogP contribution in [0.5, 0.6) is 0 Å². The van der Waals surface area contributed by atoms with E-state index in [-0.39, 0.29) is 23.7 Å². The summed E-state index contributed by atoms with van der Waals surface area (Å²) in [6.07, 6.45) is 7.78. The number of carbonyl (C=O) groups excluding carboxylic acids is 2. The van der Waals surface area contributed by atoms with Gasteiger partial charge >= 0.3 is 0 Å². The molecular weight excluding hydrogens is 286 g/mol. The number of allylic oxidation sites excluding steroid dienone is 2. The van der Waals surface area contributed by atoms with Gasteiger partial charge in [-0.05, 0) is 48.8 Å². The number of halogens is 1. The Morgan fingerprint density at radius 1 is 1.19 bits per heavy atom. The highest BCUT2D eigenvalue weighted by molar-refractivity contribution is 6.30. The number of rotatable bonds is 2. The molecule has 1 aliphatic carbocycles. The van der Waals surface area contributed by atoms with Crippen LogP contribution < -0.4 is 5.32 Å². The van der Waals surface area contributed by atoms with Gasteiger partial charge in [-0.15, -0.1) is 0 Å². The minimum absolute atomic E-state index is 0.0645. The zero-order chi connectivity index (χ0) is 14.8. The maximum Gasteiger partial charge on any atom is 0.234 e. The Morgan fingerprint density at radius 3 is 2.76 bits per heavy atom. The molecule has 3 atom stereocenters. The Hall–Kier alpha value is -1.61. The number of hydrogen-bond acceptors (Lipinski definition) is 2. The van der Waals surface area contributed by atoms with Crippen molar-refractivity contribution in [2.24, 2.45) is 11.8 Å². The molecule has 0 saturated carbocycles. The van der Waals surface area contributed by atoms with Crippen molar-refractivity contribution in [3.63, 3.8) is 0 Å². The Balaban J connectivity index is 1.94. The first kappa shape index (κ1) is 14.3. The summed E-state index contributed by atoms with van der Waals surface area (Å²) in [5, 5.41) is 3.10. The molecule has 3 nitrogen and oxygen atoms in total. The van der Waals surface area contributed by atoms with Crippen molar-refractivity contribution in [2.45, 2.75) is 31.6 Å². The summed E-state index contributed by atoms with van der Waals surface area (Å²) in [5.74, 6) is -0.174. The summed E-state index contributed by atoms with van der Waals surface area (Å²) >= 11 is 6.06. The van der Waals surface area contributed by atoms with E-state index in [1.54, 1.807) is 6.07 Å². The minimum Gasteiger partial charge on any atom is -0.296 e. The lowest BCUT2D eigenvalue weighted by molar-refractivity contribution is -0.137. The smallest absolute Gasteiger partial charge is 0.234 e. The van der Waals surface area contributed by atoms with Gasteiger partial charge in [0.05, 0.1) is 5.92 Å². The molecule has 21 heavy (non-hydrogen) atoms. The summed E-state index contributed by atoms with van der Waals surface area (Å²) in [7, 11) is 0. The predicted octanol–water partition coefficient (Wildman–Crippen LogP) is 3.44. The summed E-state index contributed by atoms with van der Waals surface area (Å²) in [6.45, 7) is 0. The van der Waals surface area contributed by atoms with Gasteiger partial charge in [0.15, 0.2) is 0 Å². The summed E-state index contributed by atoms with van der Waals surface area (Å²) in [6, 6.07) is 7.43. The molecule has 2 amide bonds. The molecule has 1 heterocycles. The van der Waals surface area contributed by atoms with E-state index in [1.807, 2.05) is 18.2 Å². The van der Waals surface area contributed by atoms with Crippen molar-refractivity contribution in [3.05, 3.63) is 47.0 Å². The molecular formula is C17H18ClNO2. The summed E-state index contributed by atoms with van der Waals surface area (Å²) in [5.41, 5.74) is 0.909. The number of hydrogen-bond donors (Lipinski definition) is 1. The van der Waals surface area contributed by atoms with Crippen LogP contribution in [0.4, 0.5) is 0 Å². The van der Waals surface area contributed by atoms with Crippen LogP contribution in [0.15, 0.2) is 36.4 Å². The lowest BCUT2D eigenvalue weighted by Crippen LogP contribution is -2.46. The van der Waals surface area contributed by atoms with E-state index in [0.717, 1.165) is 24.8 Å². The molecule has 1 aliphatic heterocycles. The van der Waals surface area contributed by atoms with Crippen molar-refractivity contribution >= 4 is 23.4 Å². The van der Waals surface area contributed by atoms with Crippen LogP contribution in [0.25, 0.3) is 0 Å². The zero-order valence-corrected chi connectivity index (χ0v) is 12.5. The predicted molar refractivity (Wildman–Crippen MR) is 81.9 cm³/mol. The lowest BCUT2D eigenvalue weighted by Gasteiger charge is -2.36. The van der Waals surface area contributed by atoms with Gasteiger partial charge in [-0.1, -0.05) is 35.9 Å². The number of benzene rings is 1. The van der Waals surface area contributed by atoms with E-state index in [4.69, 9.17) is 11.6 Å². The maximum absolute atomic E-state index is 12.4. The van der Waals surface area contributed by atoms with Crippen LogP contribution in [0.1, 0.15) is 37.2 Å². The van der Waals surface area contributed by atoms with Crippen LogP contribution in [0.2, 0.25) is 5.02 Å². The molecule has 110 valence electrons. The van der Waals surface area contributed by atoms with Gasteiger partial charge in [0.1, 0.15) is 0 Å². The van der Waals surface area contributed by atoms with E-state index in [0.29, 0.717) is 17.4 Å². The zero-order valence-electron chi connectivity index (χ0n) is 11.7. The van der Waals surface area contributed by atoms with E-state index in [9.17, 15) is 9.59 Å². The van der Waals surface area contributed by atoms with Crippen LogP contribution in [-0.2, 0) is 9.59 Å².